The van der Waals surface area contributed by atoms with Gasteiger partial charge >= 0.3 is 0 Å². The van der Waals surface area contributed by atoms with Crippen LogP contribution in [0.2, 0.25) is 0 Å². The van der Waals surface area contributed by atoms with E-state index in [2.05, 4.69) is 31.3 Å². The van der Waals surface area contributed by atoms with E-state index in [1.54, 1.807) is 5.56 Å². The predicted octanol–water partition coefficient (Wildman–Crippen LogP) is 3.22. The minimum absolute atomic E-state index is 0.809. The van der Waals surface area contributed by atoms with E-state index in [1.807, 2.05) is 0 Å². The lowest BCUT2D eigenvalue weighted by atomic mass is 9.93. The molecule has 1 heteroatoms. The molecule has 74 valence electrons. The summed E-state index contributed by atoms with van der Waals surface area (Å²) in [5.74, 6) is 1.79. The third kappa shape index (κ3) is 1.15. The highest BCUT2D eigenvalue weighted by Crippen LogP contribution is 2.48. The molecule has 1 fully saturated rings. The molecule has 3 rings (SSSR count). The number of benzene rings is 1. The molecule has 1 unspecified atom stereocenters. The quantitative estimate of drug-likeness (QED) is 0.711. The van der Waals surface area contributed by atoms with E-state index >= 15 is 0 Å². The van der Waals surface area contributed by atoms with Crippen LogP contribution in [0.25, 0.3) is 0 Å². The zero-order valence-corrected chi connectivity index (χ0v) is 8.93. The van der Waals surface area contributed by atoms with Gasteiger partial charge < -0.3 is 5.32 Å². The molecular formula is C13H17N. The fourth-order valence-electron chi connectivity index (χ4n) is 2.78. The van der Waals surface area contributed by atoms with Crippen LogP contribution in [0.1, 0.15) is 35.4 Å². The van der Waals surface area contributed by atoms with Crippen LogP contribution in [0.4, 0.5) is 5.69 Å². The molecule has 1 aliphatic heterocycles. The van der Waals surface area contributed by atoms with E-state index in [1.165, 1.54) is 36.2 Å². The standard InChI is InChI=1S/C13H17N/c1-8-5-9(2)13-11(6-8)12(7-14-13)10-3-4-10/h5-6,10,12,14H,3-4,7H2,1-2H3. The lowest BCUT2D eigenvalue weighted by Gasteiger charge is -2.10. The van der Waals surface area contributed by atoms with E-state index in [9.17, 15) is 0 Å². The Balaban J connectivity index is 2.08. The summed E-state index contributed by atoms with van der Waals surface area (Å²) >= 11 is 0. The topological polar surface area (TPSA) is 12.0 Å². The van der Waals surface area contributed by atoms with Crippen molar-refractivity contribution in [2.45, 2.75) is 32.6 Å². The maximum Gasteiger partial charge on any atom is 0.0406 e. The number of rotatable bonds is 1. The number of hydrogen-bond donors (Lipinski definition) is 1. The van der Waals surface area contributed by atoms with Crippen molar-refractivity contribution in [2.24, 2.45) is 5.92 Å². The van der Waals surface area contributed by atoms with Gasteiger partial charge in [0.05, 0.1) is 0 Å². The second-order valence-corrected chi connectivity index (χ2v) is 4.87. The SMILES string of the molecule is Cc1cc(C)c2c(c1)C(C1CC1)CN2. The fourth-order valence-corrected chi connectivity index (χ4v) is 2.78. The largest absolute Gasteiger partial charge is 0.384 e. The van der Waals surface area contributed by atoms with Gasteiger partial charge in [-0.25, -0.2) is 0 Å². The van der Waals surface area contributed by atoms with Crippen molar-refractivity contribution in [1.29, 1.82) is 0 Å². The van der Waals surface area contributed by atoms with Gasteiger partial charge in [0.1, 0.15) is 0 Å². The Bertz CT molecular complexity index is 377. The molecule has 0 radical (unpaired) electrons. The molecule has 1 nitrogen and oxygen atoms in total. The Morgan fingerprint density at radius 2 is 2.00 bits per heavy atom. The van der Waals surface area contributed by atoms with Crippen molar-refractivity contribution in [3.63, 3.8) is 0 Å². The second-order valence-electron chi connectivity index (χ2n) is 4.87. The van der Waals surface area contributed by atoms with Gasteiger partial charge in [0.25, 0.3) is 0 Å². The van der Waals surface area contributed by atoms with Crippen molar-refractivity contribution in [2.75, 3.05) is 11.9 Å². The Hall–Kier alpha value is -0.980. The van der Waals surface area contributed by atoms with Crippen LogP contribution in [-0.2, 0) is 0 Å². The lowest BCUT2D eigenvalue weighted by molar-refractivity contribution is 0.659. The van der Waals surface area contributed by atoms with Crippen molar-refractivity contribution >= 4 is 5.69 Å². The minimum Gasteiger partial charge on any atom is -0.384 e. The van der Waals surface area contributed by atoms with Gasteiger partial charge in [-0.2, -0.15) is 0 Å². The highest BCUT2D eigenvalue weighted by molar-refractivity contribution is 5.64. The molecule has 0 amide bonds. The maximum atomic E-state index is 3.57. The van der Waals surface area contributed by atoms with Gasteiger partial charge in [-0.15, -0.1) is 0 Å². The van der Waals surface area contributed by atoms with Gasteiger partial charge in [0.2, 0.25) is 0 Å². The molecule has 0 aromatic heterocycles. The van der Waals surface area contributed by atoms with E-state index in [0.29, 0.717) is 0 Å². The number of aryl methyl sites for hydroxylation is 2. The second kappa shape index (κ2) is 2.75. The number of hydrogen-bond acceptors (Lipinski definition) is 1. The van der Waals surface area contributed by atoms with E-state index in [4.69, 9.17) is 0 Å². The van der Waals surface area contributed by atoms with Crippen LogP contribution < -0.4 is 5.32 Å². The molecule has 0 spiro atoms. The summed E-state index contributed by atoms with van der Waals surface area (Å²) in [7, 11) is 0. The first-order valence-corrected chi connectivity index (χ1v) is 5.61. The van der Waals surface area contributed by atoms with Crippen LogP contribution in [0.5, 0.6) is 0 Å². The zero-order valence-electron chi connectivity index (χ0n) is 8.93. The average molecular weight is 187 g/mol. The summed E-state index contributed by atoms with van der Waals surface area (Å²) in [4.78, 5) is 0. The molecule has 1 aromatic carbocycles. The lowest BCUT2D eigenvalue weighted by Crippen LogP contribution is -2.03. The van der Waals surface area contributed by atoms with Gasteiger partial charge in [0, 0.05) is 18.2 Å². The molecule has 1 heterocycles. The zero-order chi connectivity index (χ0) is 9.71. The Kier molecular flexibility index (Phi) is 1.64. The first kappa shape index (κ1) is 8.34. The molecule has 0 saturated heterocycles. The summed E-state index contributed by atoms with van der Waals surface area (Å²) < 4.78 is 0. The Labute approximate surface area is 85.5 Å². The molecular weight excluding hydrogens is 170 g/mol. The first-order valence-electron chi connectivity index (χ1n) is 5.61. The van der Waals surface area contributed by atoms with Gasteiger partial charge in [-0.1, -0.05) is 17.7 Å². The molecule has 1 saturated carbocycles. The highest BCUT2D eigenvalue weighted by atomic mass is 14.9. The summed E-state index contributed by atoms with van der Waals surface area (Å²) in [6, 6.07) is 4.66. The normalized spacial score (nSPS) is 24.6. The van der Waals surface area contributed by atoms with Gasteiger partial charge in [-0.3, -0.25) is 0 Å². The molecule has 0 bridgehead atoms. The molecule has 14 heavy (non-hydrogen) atoms. The smallest absolute Gasteiger partial charge is 0.0406 e. The van der Waals surface area contributed by atoms with Gasteiger partial charge in [0.15, 0.2) is 0 Å². The fraction of sp³-hybridized carbons (Fsp3) is 0.538. The number of nitrogens with one attached hydrogen (secondary N) is 1. The Morgan fingerprint density at radius 3 is 2.71 bits per heavy atom. The van der Waals surface area contributed by atoms with Gasteiger partial charge in [-0.05, 0) is 43.7 Å². The van der Waals surface area contributed by atoms with Crippen LogP contribution >= 0.6 is 0 Å². The number of fused-ring (bicyclic) bond motifs is 1. The average Bonchev–Trinajstić information content (AvgIpc) is 2.87. The van der Waals surface area contributed by atoms with Crippen LogP contribution in [0.3, 0.4) is 0 Å². The van der Waals surface area contributed by atoms with Crippen molar-refractivity contribution in [3.05, 3.63) is 28.8 Å². The summed E-state index contributed by atoms with van der Waals surface area (Å²) in [6.45, 7) is 5.59. The van der Waals surface area contributed by atoms with E-state index < -0.39 is 0 Å². The van der Waals surface area contributed by atoms with Crippen LogP contribution in [-0.4, -0.2) is 6.54 Å². The third-order valence-electron chi connectivity index (χ3n) is 3.60. The monoisotopic (exact) mass is 187 g/mol. The Morgan fingerprint density at radius 1 is 1.21 bits per heavy atom. The van der Waals surface area contributed by atoms with Crippen molar-refractivity contribution in [1.82, 2.24) is 0 Å². The highest BCUT2D eigenvalue weighted by Gasteiger charge is 2.36. The molecule has 1 N–H and O–H groups in total. The summed E-state index contributed by atoms with van der Waals surface area (Å²) in [5.41, 5.74) is 5.84. The van der Waals surface area contributed by atoms with E-state index in [-0.39, 0.29) is 0 Å². The predicted molar refractivity (Wildman–Crippen MR) is 59.9 cm³/mol. The molecule has 2 aliphatic rings. The summed E-state index contributed by atoms with van der Waals surface area (Å²) in [6.07, 6.45) is 2.89. The third-order valence-corrected chi connectivity index (χ3v) is 3.60. The minimum atomic E-state index is 0.809. The molecule has 1 aromatic rings. The molecule has 1 atom stereocenters. The molecule has 1 aliphatic carbocycles. The van der Waals surface area contributed by atoms with Crippen LogP contribution in [0.15, 0.2) is 12.1 Å². The van der Waals surface area contributed by atoms with Crippen molar-refractivity contribution < 1.29 is 0 Å². The maximum absolute atomic E-state index is 3.57. The van der Waals surface area contributed by atoms with E-state index in [0.717, 1.165) is 11.8 Å². The summed E-state index contributed by atoms with van der Waals surface area (Å²) in [5, 5.41) is 3.57. The van der Waals surface area contributed by atoms with Crippen LogP contribution in [0, 0.1) is 19.8 Å². The van der Waals surface area contributed by atoms with Crippen molar-refractivity contribution in [3.8, 4) is 0 Å². The number of anilines is 1. The first-order chi connectivity index (χ1) is 6.75.